The zero-order valence-electron chi connectivity index (χ0n) is 17.6. The van der Waals surface area contributed by atoms with E-state index in [4.69, 9.17) is 4.74 Å². The van der Waals surface area contributed by atoms with Crippen molar-refractivity contribution < 1.29 is 14.3 Å². The van der Waals surface area contributed by atoms with Crippen molar-refractivity contribution in [2.75, 3.05) is 10.6 Å². The first-order valence-electron chi connectivity index (χ1n) is 10.6. The summed E-state index contributed by atoms with van der Waals surface area (Å²) in [5.74, 6) is 0.380. The summed E-state index contributed by atoms with van der Waals surface area (Å²) in [5.41, 5.74) is 3.23. The summed E-state index contributed by atoms with van der Waals surface area (Å²) in [4.78, 5) is 25.2. The number of anilines is 2. The van der Waals surface area contributed by atoms with Crippen LogP contribution in [-0.4, -0.2) is 17.9 Å². The van der Waals surface area contributed by atoms with Gasteiger partial charge in [-0.25, -0.2) is 0 Å². The van der Waals surface area contributed by atoms with Crippen LogP contribution in [0.25, 0.3) is 0 Å². The number of amides is 2. The van der Waals surface area contributed by atoms with E-state index in [0.717, 1.165) is 24.2 Å². The Kier molecular flexibility index (Phi) is 6.32. The highest BCUT2D eigenvalue weighted by atomic mass is 16.5. The van der Waals surface area contributed by atoms with Gasteiger partial charge in [-0.3, -0.25) is 9.59 Å². The number of hydrogen-bond acceptors (Lipinski definition) is 3. The largest absolute Gasteiger partial charge is 0.490 e. The molecule has 0 atom stereocenters. The number of carbonyl (C=O) groups excluding carboxylic acids is 2. The highest BCUT2D eigenvalue weighted by molar-refractivity contribution is 6.07. The van der Waals surface area contributed by atoms with Gasteiger partial charge in [0.1, 0.15) is 5.75 Å². The lowest BCUT2D eigenvalue weighted by Crippen LogP contribution is -2.15. The second-order valence-corrected chi connectivity index (χ2v) is 7.85. The van der Waals surface area contributed by atoms with E-state index in [1.54, 1.807) is 24.3 Å². The maximum absolute atomic E-state index is 12.7. The molecule has 0 spiro atoms. The van der Waals surface area contributed by atoms with Crippen molar-refractivity contribution in [1.82, 2.24) is 0 Å². The first kappa shape index (κ1) is 20.7. The summed E-state index contributed by atoms with van der Waals surface area (Å²) in [6, 6.07) is 21.7. The van der Waals surface area contributed by atoms with Crippen LogP contribution in [0, 0.1) is 6.92 Å². The van der Waals surface area contributed by atoms with E-state index in [9.17, 15) is 9.59 Å². The minimum Gasteiger partial charge on any atom is -0.490 e. The second-order valence-electron chi connectivity index (χ2n) is 7.85. The lowest BCUT2D eigenvalue weighted by molar-refractivity contribution is 0.101. The quantitative estimate of drug-likeness (QED) is 0.534. The number of rotatable bonds is 6. The Balaban J connectivity index is 1.41. The van der Waals surface area contributed by atoms with Crippen molar-refractivity contribution in [2.24, 2.45) is 0 Å². The van der Waals surface area contributed by atoms with Crippen molar-refractivity contribution >= 4 is 23.2 Å². The third-order valence-corrected chi connectivity index (χ3v) is 5.50. The van der Waals surface area contributed by atoms with Crippen LogP contribution in [0.1, 0.15) is 52.0 Å². The number of ether oxygens (including phenoxy) is 1. The molecule has 31 heavy (non-hydrogen) atoms. The summed E-state index contributed by atoms with van der Waals surface area (Å²) >= 11 is 0. The SMILES string of the molecule is Cc1ccc(C(=O)Nc2ccc(OC3CCCC3)cc2)cc1NC(=O)c1ccccc1. The third kappa shape index (κ3) is 5.31. The molecule has 4 rings (SSSR count). The Morgan fingerprint density at radius 2 is 1.48 bits per heavy atom. The molecule has 1 saturated carbocycles. The molecule has 2 N–H and O–H groups in total. The van der Waals surface area contributed by atoms with Crippen LogP contribution in [0.5, 0.6) is 5.75 Å². The van der Waals surface area contributed by atoms with Gasteiger partial charge in [0.2, 0.25) is 0 Å². The van der Waals surface area contributed by atoms with Gasteiger partial charge in [-0.15, -0.1) is 0 Å². The molecule has 0 bridgehead atoms. The molecule has 5 nitrogen and oxygen atoms in total. The standard InChI is InChI=1S/C26H26N2O3/c1-18-11-12-20(17-24(18)28-25(29)19-7-3-2-4-8-19)26(30)27-21-13-15-23(16-14-21)31-22-9-5-6-10-22/h2-4,7-8,11-17,22H,5-6,9-10H2,1H3,(H,27,30)(H,28,29). The maximum atomic E-state index is 12.7. The van der Waals surface area contributed by atoms with Gasteiger partial charge in [0.15, 0.2) is 0 Å². The molecule has 3 aromatic carbocycles. The van der Waals surface area contributed by atoms with Gasteiger partial charge in [0.25, 0.3) is 11.8 Å². The predicted molar refractivity (Wildman–Crippen MR) is 123 cm³/mol. The molecule has 1 aliphatic rings. The predicted octanol–water partition coefficient (Wildman–Crippen LogP) is 5.82. The topological polar surface area (TPSA) is 67.4 Å². The highest BCUT2D eigenvalue weighted by Crippen LogP contribution is 2.25. The van der Waals surface area contributed by atoms with E-state index in [1.807, 2.05) is 55.5 Å². The van der Waals surface area contributed by atoms with Crippen molar-refractivity contribution in [3.05, 3.63) is 89.5 Å². The van der Waals surface area contributed by atoms with Gasteiger partial charge in [0, 0.05) is 22.5 Å². The molecule has 0 unspecified atom stereocenters. The number of carbonyl (C=O) groups is 2. The molecular weight excluding hydrogens is 388 g/mol. The molecule has 0 aromatic heterocycles. The zero-order valence-corrected chi connectivity index (χ0v) is 17.6. The maximum Gasteiger partial charge on any atom is 0.255 e. The minimum atomic E-state index is -0.236. The van der Waals surface area contributed by atoms with Crippen molar-refractivity contribution in [2.45, 2.75) is 38.7 Å². The highest BCUT2D eigenvalue weighted by Gasteiger charge is 2.16. The first-order chi connectivity index (χ1) is 15.1. The summed E-state index contributed by atoms with van der Waals surface area (Å²) in [6.45, 7) is 1.89. The van der Waals surface area contributed by atoms with Crippen LogP contribution in [-0.2, 0) is 0 Å². The van der Waals surface area contributed by atoms with E-state index in [1.165, 1.54) is 12.8 Å². The van der Waals surface area contributed by atoms with Crippen LogP contribution in [0.4, 0.5) is 11.4 Å². The number of aryl methyl sites for hydroxylation is 1. The monoisotopic (exact) mass is 414 g/mol. The van der Waals surface area contributed by atoms with Gasteiger partial charge in [-0.05, 0) is 86.7 Å². The second kappa shape index (κ2) is 9.47. The van der Waals surface area contributed by atoms with Crippen LogP contribution < -0.4 is 15.4 Å². The van der Waals surface area contributed by atoms with Gasteiger partial charge >= 0.3 is 0 Å². The van der Waals surface area contributed by atoms with Crippen LogP contribution in [0.2, 0.25) is 0 Å². The summed E-state index contributed by atoms with van der Waals surface area (Å²) < 4.78 is 5.97. The number of hydrogen-bond donors (Lipinski definition) is 2. The fourth-order valence-electron chi connectivity index (χ4n) is 3.70. The van der Waals surface area contributed by atoms with Crippen LogP contribution in [0.15, 0.2) is 72.8 Å². The normalized spacial score (nSPS) is 13.6. The third-order valence-electron chi connectivity index (χ3n) is 5.50. The van der Waals surface area contributed by atoms with Crippen LogP contribution in [0.3, 0.4) is 0 Å². The van der Waals surface area contributed by atoms with Gasteiger partial charge < -0.3 is 15.4 Å². The molecule has 2 amide bonds. The molecule has 5 heteroatoms. The van der Waals surface area contributed by atoms with Crippen molar-refractivity contribution in [1.29, 1.82) is 0 Å². The molecular formula is C26H26N2O3. The van der Waals surface area contributed by atoms with E-state index in [2.05, 4.69) is 10.6 Å². The van der Waals surface area contributed by atoms with E-state index < -0.39 is 0 Å². The van der Waals surface area contributed by atoms with Gasteiger partial charge in [-0.2, -0.15) is 0 Å². The van der Waals surface area contributed by atoms with E-state index in [-0.39, 0.29) is 11.8 Å². The average molecular weight is 415 g/mol. The van der Waals surface area contributed by atoms with Crippen molar-refractivity contribution in [3.8, 4) is 5.75 Å². The lowest BCUT2D eigenvalue weighted by Gasteiger charge is -2.14. The van der Waals surface area contributed by atoms with Crippen molar-refractivity contribution in [3.63, 3.8) is 0 Å². The summed E-state index contributed by atoms with van der Waals surface area (Å²) in [7, 11) is 0. The molecule has 0 saturated heterocycles. The Bertz CT molecular complexity index is 1060. The Morgan fingerprint density at radius 3 is 2.19 bits per heavy atom. The fourth-order valence-corrected chi connectivity index (χ4v) is 3.70. The zero-order chi connectivity index (χ0) is 21.6. The Labute approximate surface area is 182 Å². The number of benzene rings is 3. The lowest BCUT2D eigenvalue weighted by atomic mass is 10.1. The average Bonchev–Trinajstić information content (AvgIpc) is 3.30. The van der Waals surface area contributed by atoms with Gasteiger partial charge in [-0.1, -0.05) is 24.3 Å². The summed E-state index contributed by atoms with van der Waals surface area (Å²) in [5, 5.41) is 5.80. The summed E-state index contributed by atoms with van der Waals surface area (Å²) in [6.07, 6.45) is 4.97. The minimum absolute atomic E-state index is 0.209. The molecule has 3 aromatic rings. The molecule has 0 heterocycles. The number of nitrogens with one attached hydrogen (secondary N) is 2. The van der Waals surface area contributed by atoms with E-state index in [0.29, 0.717) is 28.6 Å². The molecule has 0 aliphatic heterocycles. The fraction of sp³-hybridized carbons (Fsp3) is 0.231. The smallest absolute Gasteiger partial charge is 0.255 e. The van der Waals surface area contributed by atoms with Crippen LogP contribution >= 0.6 is 0 Å². The molecule has 1 fully saturated rings. The van der Waals surface area contributed by atoms with Gasteiger partial charge in [0.05, 0.1) is 6.10 Å². The first-order valence-corrected chi connectivity index (χ1v) is 10.6. The molecule has 158 valence electrons. The molecule has 1 aliphatic carbocycles. The Hall–Kier alpha value is -3.60. The Morgan fingerprint density at radius 1 is 0.806 bits per heavy atom. The van der Waals surface area contributed by atoms with E-state index >= 15 is 0 Å². The molecule has 0 radical (unpaired) electrons.